The van der Waals surface area contributed by atoms with E-state index < -0.39 is 0 Å². The second kappa shape index (κ2) is 6.16. The predicted molar refractivity (Wildman–Crippen MR) is 82.6 cm³/mol. The molecule has 0 fully saturated rings. The molecule has 0 aromatic carbocycles. The highest BCUT2D eigenvalue weighted by Gasteiger charge is 2.12. The fourth-order valence-electron chi connectivity index (χ4n) is 2.06. The van der Waals surface area contributed by atoms with Crippen molar-refractivity contribution in [2.75, 3.05) is 10.7 Å². The average molecular weight is 279 g/mol. The molecule has 2 rings (SSSR count). The summed E-state index contributed by atoms with van der Waals surface area (Å²) < 4.78 is 0. The lowest BCUT2D eigenvalue weighted by Crippen LogP contribution is -2.17. The first-order chi connectivity index (χ1) is 9.17. The van der Waals surface area contributed by atoms with E-state index in [0.29, 0.717) is 12.0 Å². The van der Waals surface area contributed by atoms with Gasteiger partial charge in [-0.15, -0.1) is 11.3 Å². The fraction of sp³-hybridized carbons (Fsp3) is 0.538. The molecule has 0 saturated carbocycles. The van der Waals surface area contributed by atoms with E-state index in [2.05, 4.69) is 47.5 Å². The molecule has 1 atom stereocenters. The summed E-state index contributed by atoms with van der Waals surface area (Å²) in [6.07, 6.45) is 3.27. The molecule has 2 heterocycles. The largest absolute Gasteiger partial charge is 0.367 e. The van der Waals surface area contributed by atoms with E-state index in [-0.39, 0.29) is 0 Å². The first kappa shape index (κ1) is 14.0. The Labute approximate surface area is 117 Å². The zero-order valence-electron chi connectivity index (χ0n) is 11.7. The zero-order valence-corrected chi connectivity index (χ0v) is 12.5. The number of nitrogens with zero attached hydrogens (tertiary/aromatic N) is 2. The van der Waals surface area contributed by atoms with E-state index in [1.54, 1.807) is 11.3 Å². The lowest BCUT2D eigenvalue weighted by atomic mass is 10.2. The van der Waals surface area contributed by atoms with Crippen LogP contribution in [0.4, 0.5) is 11.8 Å². The molecule has 19 heavy (non-hydrogen) atoms. The number of anilines is 2. The third-order valence-electron chi connectivity index (χ3n) is 3.03. The van der Waals surface area contributed by atoms with Gasteiger partial charge in [-0.1, -0.05) is 20.3 Å². The van der Waals surface area contributed by atoms with Gasteiger partial charge in [-0.3, -0.25) is 5.43 Å². The quantitative estimate of drug-likeness (QED) is 0.559. The first-order valence-corrected chi connectivity index (χ1v) is 7.53. The second-order valence-corrected chi connectivity index (χ2v) is 5.77. The van der Waals surface area contributed by atoms with Crippen LogP contribution in [-0.4, -0.2) is 16.0 Å². The van der Waals surface area contributed by atoms with E-state index in [9.17, 15) is 0 Å². The van der Waals surface area contributed by atoms with Crippen molar-refractivity contribution in [1.29, 1.82) is 0 Å². The minimum absolute atomic E-state index is 0.388. The van der Waals surface area contributed by atoms with Crippen LogP contribution in [0, 0.1) is 0 Å². The summed E-state index contributed by atoms with van der Waals surface area (Å²) in [6.45, 7) is 6.49. The third kappa shape index (κ3) is 3.13. The molecular formula is C13H21N5S. The first-order valence-electron chi connectivity index (χ1n) is 6.71. The van der Waals surface area contributed by atoms with Crippen molar-refractivity contribution in [1.82, 2.24) is 9.97 Å². The van der Waals surface area contributed by atoms with E-state index >= 15 is 0 Å². The Kier molecular flexibility index (Phi) is 4.55. The molecule has 0 aliphatic carbocycles. The minimum Gasteiger partial charge on any atom is -0.367 e. The Morgan fingerprint density at radius 1 is 1.37 bits per heavy atom. The fourth-order valence-corrected chi connectivity index (χ4v) is 3.03. The molecule has 0 radical (unpaired) electrons. The Bertz CT molecular complexity index is 551. The highest BCUT2D eigenvalue weighted by Crippen LogP contribution is 2.30. The van der Waals surface area contributed by atoms with Gasteiger partial charge in [-0.05, 0) is 25.8 Å². The minimum atomic E-state index is 0.388. The lowest BCUT2D eigenvalue weighted by molar-refractivity contribution is 0.688. The molecule has 2 aromatic rings. The molecule has 0 aliphatic rings. The number of fused-ring (bicyclic) bond motifs is 1. The normalized spacial score (nSPS) is 12.6. The van der Waals surface area contributed by atoms with Crippen LogP contribution in [0.25, 0.3) is 10.2 Å². The van der Waals surface area contributed by atoms with Crippen LogP contribution in [-0.2, 0) is 6.42 Å². The van der Waals surface area contributed by atoms with Crippen molar-refractivity contribution in [3.05, 3.63) is 10.9 Å². The van der Waals surface area contributed by atoms with Gasteiger partial charge in [-0.2, -0.15) is 4.98 Å². The van der Waals surface area contributed by atoms with Gasteiger partial charge < -0.3 is 5.32 Å². The van der Waals surface area contributed by atoms with Gasteiger partial charge in [0.05, 0.1) is 5.39 Å². The van der Waals surface area contributed by atoms with Crippen LogP contribution < -0.4 is 16.6 Å². The summed E-state index contributed by atoms with van der Waals surface area (Å²) in [5.74, 6) is 6.77. The van der Waals surface area contributed by atoms with Crippen LogP contribution in [0.3, 0.4) is 0 Å². The summed E-state index contributed by atoms with van der Waals surface area (Å²) in [5.41, 5.74) is 2.54. The molecule has 5 nitrogen and oxygen atoms in total. The molecule has 6 heteroatoms. The Balaban J connectivity index is 2.41. The van der Waals surface area contributed by atoms with Gasteiger partial charge in [0.2, 0.25) is 5.95 Å². The highest BCUT2D eigenvalue weighted by atomic mass is 32.1. The van der Waals surface area contributed by atoms with Crippen molar-refractivity contribution < 1.29 is 0 Å². The maximum atomic E-state index is 5.44. The van der Waals surface area contributed by atoms with Crippen molar-refractivity contribution in [2.24, 2.45) is 5.84 Å². The number of nitrogen functional groups attached to an aromatic ring is 1. The van der Waals surface area contributed by atoms with Crippen LogP contribution in [0.5, 0.6) is 0 Å². The number of nitrogens with one attached hydrogen (secondary N) is 2. The number of hydrogen-bond donors (Lipinski definition) is 3. The van der Waals surface area contributed by atoms with Gasteiger partial charge in [0.25, 0.3) is 0 Å². The van der Waals surface area contributed by atoms with E-state index in [4.69, 9.17) is 5.84 Å². The summed E-state index contributed by atoms with van der Waals surface area (Å²) in [4.78, 5) is 11.1. The zero-order chi connectivity index (χ0) is 13.8. The second-order valence-electron chi connectivity index (χ2n) is 4.66. The summed E-state index contributed by atoms with van der Waals surface area (Å²) >= 11 is 1.69. The van der Waals surface area contributed by atoms with Crippen LogP contribution >= 0.6 is 11.3 Å². The van der Waals surface area contributed by atoms with Crippen molar-refractivity contribution in [3.8, 4) is 0 Å². The van der Waals surface area contributed by atoms with Gasteiger partial charge in [-0.25, -0.2) is 10.8 Å². The van der Waals surface area contributed by atoms with Crippen LogP contribution in [0.1, 0.15) is 38.5 Å². The SMILES string of the molecule is CCCC(C)Nc1nc(NN)nc2sc(CC)cc12. The van der Waals surface area contributed by atoms with Crippen molar-refractivity contribution >= 4 is 33.3 Å². The van der Waals surface area contributed by atoms with Crippen LogP contribution in [0.15, 0.2) is 6.07 Å². The number of aryl methyl sites for hydroxylation is 1. The Morgan fingerprint density at radius 2 is 2.16 bits per heavy atom. The number of aromatic nitrogens is 2. The van der Waals surface area contributed by atoms with Gasteiger partial charge in [0.1, 0.15) is 10.6 Å². The molecule has 2 aromatic heterocycles. The molecule has 0 aliphatic heterocycles. The number of thiophene rings is 1. The smallest absolute Gasteiger partial charge is 0.240 e. The maximum absolute atomic E-state index is 5.44. The molecule has 0 bridgehead atoms. The van der Waals surface area contributed by atoms with E-state index in [0.717, 1.165) is 35.3 Å². The van der Waals surface area contributed by atoms with Gasteiger partial charge in [0, 0.05) is 10.9 Å². The summed E-state index contributed by atoms with van der Waals surface area (Å²) in [7, 11) is 0. The van der Waals surface area contributed by atoms with E-state index in [1.807, 2.05) is 0 Å². The van der Waals surface area contributed by atoms with Gasteiger partial charge in [0.15, 0.2) is 0 Å². The summed E-state index contributed by atoms with van der Waals surface area (Å²) in [5, 5.41) is 4.54. The Morgan fingerprint density at radius 3 is 2.79 bits per heavy atom. The molecule has 4 N–H and O–H groups in total. The molecule has 0 spiro atoms. The van der Waals surface area contributed by atoms with Gasteiger partial charge >= 0.3 is 0 Å². The number of rotatable bonds is 6. The number of hydrogen-bond acceptors (Lipinski definition) is 6. The maximum Gasteiger partial charge on any atom is 0.240 e. The molecule has 0 saturated heterocycles. The molecular weight excluding hydrogens is 258 g/mol. The average Bonchev–Trinajstić information content (AvgIpc) is 2.82. The standard InChI is InChI=1S/C13H21N5S/c1-4-6-8(3)15-11-10-7-9(5-2)19-12(10)17-13(16-11)18-14/h7-8H,4-6,14H2,1-3H3,(H2,15,16,17,18). The highest BCUT2D eigenvalue weighted by molar-refractivity contribution is 7.18. The lowest BCUT2D eigenvalue weighted by Gasteiger charge is -2.14. The molecule has 1 unspecified atom stereocenters. The monoisotopic (exact) mass is 279 g/mol. The van der Waals surface area contributed by atoms with Crippen LogP contribution in [0.2, 0.25) is 0 Å². The third-order valence-corrected chi connectivity index (χ3v) is 4.20. The number of hydrazine groups is 1. The predicted octanol–water partition coefficient (Wildman–Crippen LogP) is 3.14. The number of nitrogens with two attached hydrogens (primary N) is 1. The topological polar surface area (TPSA) is 75.9 Å². The summed E-state index contributed by atoms with van der Waals surface area (Å²) in [6, 6.07) is 2.56. The molecule has 0 amide bonds. The Hall–Kier alpha value is -1.40. The molecule has 104 valence electrons. The van der Waals surface area contributed by atoms with E-state index in [1.165, 1.54) is 4.88 Å². The van der Waals surface area contributed by atoms with Crippen molar-refractivity contribution in [3.63, 3.8) is 0 Å². The van der Waals surface area contributed by atoms with Crippen molar-refractivity contribution in [2.45, 2.75) is 46.1 Å².